The van der Waals surface area contributed by atoms with Crippen molar-refractivity contribution in [1.29, 1.82) is 0 Å². The van der Waals surface area contributed by atoms with Crippen molar-refractivity contribution in [2.24, 2.45) is 0 Å². The molecule has 3 nitrogen and oxygen atoms in total. The molecule has 1 aromatic heterocycles. The van der Waals surface area contributed by atoms with Gasteiger partial charge in [0.15, 0.2) is 5.79 Å². The fraction of sp³-hybridized carbons (Fsp3) is 0.556. The van der Waals surface area contributed by atoms with Crippen molar-refractivity contribution in [3.05, 3.63) is 35.2 Å². The van der Waals surface area contributed by atoms with Crippen LogP contribution in [0.4, 0.5) is 0 Å². The molecule has 23 heavy (non-hydrogen) atoms. The summed E-state index contributed by atoms with van der Waals surface area (Å²) in [4.78, 5) is 3.88. The van der Waals surface area contributed by atoms with Crippen molar-refractivity contribution in [2.75, 3.05) is 27.3 Å². The predicted octanol–water partition coefficient (Wildman–Crippen LogP) is 4.40. The zero-order chi connectivity index (χ0) is 15.2. The minimum absolute atomic E-state index is 0. The van der Waals surface area contributed by atoms with Gasteiger partial charge in [-0.2, -0.15) is 0 Å². The van der Waals surface area contributed by atoms with E-state index in [9.17, 15) is 0 Å². The number of hydrogen-bond acceptors (Lipinski definition) is 4. The van der Waals surface area contributed by atoms with E-state index in [0.29, 0.717) is 0 Å². The van der Waals surface area contributed by atoms with Crippen LogP contribution in [-0.4, -0.2) is 38.0 Å². The molecule has 126 valence electrons. The molecule has 1 spiro atoms. The van der Waals surface area contributed by atoms with Gasteiger partial charge in [-0.05, 0) is 44.5 Å². The lowest BCUT2D eigenvalue weighted by Crippen LogP contribution is -2.49. The van der Waals surface area contributed by atoms with Crippen LogP contribution in [0.5, 0.6) is 0 Å². The summed E-state index contributed by atoms with van der Waals surface area (Å²) in [6, 6.07) is 11.1. The Kier molecular flexibility index (Phi) is 4.73. The smallest absolute Gasteiger partial charge is 0.168 e. The van der Waals surface area contributed by atoms with Crippen molar-refractivity contribution in [3.8, 4) is 0 Å². The highest BCUT2D eigenvalue weighted by atomic mass is 35.5. The van der Waals surface area contributed by atoms with E-state index < -0.39 is 0 Å². The van der Waals surface area contributed by atoms with Crippen LogP contribution >= 0.6 is 23.7 Å². The minimum atomic E-state index is -0.295. The topological polar surface area (TPSA) is 21.7 Å². The normalized spacial score (nSPS) is 22.6. The number of thiophene rings is 1. The second kappa shape index (κ2) is 6.34. The first-order valence-corrected chi connectivity index (χ1v) is 8.90. The monoisotopic (exact) mass is 353 g/mol. The van der Waals surface area contributed by atoms with Crippen molar-refractivity contribution in [3.63, 3.8) is 0 Å². The van der Waals surface area contributed by atoms with Gasteiger partial charge in [-0.25, -0.2) is 0 Å². The molecule has 0 unspecified atom stereocenters. The Morgan fingerprint density at radius 2 is 1.65 bits per heavy atom. The molecule has 5 heteroatoms. The molecule has 1 aliphatic carbocycles. The van der Waals surface area contributed by atoms with E-state index in [2.05, 4.69) is 49.3 Å². The van der Waals surface area contributed by atoms with Crippen molar-refractivity contribution in [2.45, 2.75) is 37.0 Å². The van der Waals surface area contributed by atoms with Gasteiger partial charge in [0.2, 0.25) is 0 Å². The molecular formula is C18H24ClNO2S. The molecule has 0 bridgehead atoms. The standard InChI is InChI=1S/C18H23NO2S.ClH/c1-19(2)17(7-9-18(10-8-17)20-11-12-21-18)16-13-14-5-3-4-6-15(14)22-16;/h3-6,13H,7-12H2,1-2H3;1H. The van der Waals surface area contributed by atoms with Gasteiger partial charge in [-0.1, -0.05) is 18.2 Å². The van der Waals surface area contributed by atoms with Crippen LogP contribution in [-0.2, 0) is 15.0 Å². The number of nitrogens with zero attached hydrogens (tertiary/aromatic N) is 1. The summed E-state index contributed by atoms with van der Waals surface area (Å²) in [7, 11) is 4.41. The number of ether oxygens (including phenoxy) is 2. The maximum atomic E-state index is 5.91. The van der Waals surface area contributed by atoms with Crippen LogP contribution in [0.25, 0.3) is 10.1 Å². The Bertz CT molecular complexity index is 635. The van der Waals surface area contributed by atoms with Crippen molar-refractivity contribution >= 4 is 33.8 Å². The summed E-state index contributed by atoms with van der Waals surface area (Å²) in [5.41, 5.74) is 0.115. The highest BCUT2D eigenvalue weighted by molar-refractivity contribution is 7.19. The van der Waals surface area contributed by atoms with E-state index in [1.54, 1.807) is 0 Å². The number of rotatable bonds is 2. The summed E-state index contributed by atoms with van der Waals surface area (Å²) in [6.07, 6.45) is 4.15. The first-order chi connectivity index (χ1) is 10.6. The third kappa shape index (κ3) is 2.81. The average Bonchev–Trinajstić information content (AvgIpc) is 3.15. The Labute approximate surface area is 148 Å². The molecule has 4 rings (SSSR count). The molecule has 1 aliphatic heterocycles. The first-order valence-electron chi connectivity index (χ1n) is 8.08. The lowest BCUT2D eigenvalue weighted by molar-refractivity contribution is -0.193. The molecular weight excluding hydrogens is 330 g/mol. The second-order valence-corrected chi connectivity index (χ2v) is 7.77. The SMILES string of the molecule is CN(C)C1(c2cc3ccccc3s2)CCC2(CC1)OCCO2.Cl. The van der Waals surface area contributed by atoms with Gasteiger partial charge >= 0.3 is 0 Å². The van der Waals surface area contributed by atoms with Gasteiger partial charge in [-0.15, -0.1) is 23.7 Å². The summed E-state index contributed by atoms with van der Waals surface area (Å²) >= 11 is 1.94. The molecule has 1 saturated heterocycles. The fourth-order valence-electron chi connectivity index (χ4n) is 3.96. The quantitative estimate of drug-likeness (QED) is 0.798. The molecule has 0 radical (unpaired) electrons. The maximum absolute atomic E-state index is 5.91. The van der Waals surface area contributed by atoms with Gasteiger partial charge in [0.25, 0.3) is 0 Å². The predicted molar refractivity (Wildman–Crippen MR) is 97.5 cm³/mol. The summed E-state index contributed by atoms with van der Waals surface area (Å²) in [6.45, 7) is 1.50. The van der Waals surface area contributed by atoms with Crippen LogP contribution in [0.1, 0.15) is 30.6 Å². The Morgan fingerprint density at radius 1 is 1.00 bits per heavy atom. The van der Waals surface area contributed by atoms with E-state index in [-0.39, 0.29) is 23.7 Å². The van der Waals surface area contributed by atoms with E-state index in [1.165, 1.54) is 15.0 Å². The zero-order valence-electron chi connectivity index (χ0n) is 13.7. The molecule has 0 amide bonds. The van der Waals surface area contributed by atoms with E-state index in [0.717, 1.165) is 38.9 Å². The average molecular weight is 354 g/mol. The van der Waals surface area contributed by atoms with Gasteiger partial charge in [-0.3, -0.25) is 4.90 Å². The van der Waals surface area contributed by atoms with Crippen molar-refractivity contribution in [1.82, 2.24) is 4.90 Å². The summed E-state index contributed by atoms with van der Waals surface area (Å²) < 4.78 is 13.2. The molecule has 2 heterocycles. The Hall–Kier alpha value is -0.650. The van der Waals surface area contributed by atoms with Gasteiger partial charge < -0.3 is 9.47 Å². The number of benzene rings is 1. The zero-order valence-corrected chi connectivity index (χ0v) is 15.3. The van der Waals surface area contributed by atoms with Crippen molar-refractivity contribution < 1.29 is 9.47 Å². The molecule has 1 aromatic carbocycles. The van der Waals surface area contributed by atoms with Crippen LogP contribution < -0.4 is 0 Å². The lowest BCUT2D eigenvalue weighted by atomic mass is 9.76. The molecule has 0 atom stereocenters. The molecule has 1 saturated carbocycles. The molecule has 2 aromatic rings. The highest BCUT2D eigenvalue weighted by Crippen LogP contribution is 2.49. The molecule has 0 N–H and O–H groups in total. The Morgan fingerprint density at radius 3 is 2.26 bits per heavy atom. The van der Waals surface area contributed by atoms with E-state index in [4.69, 9.17) is 9.47 Å². The van der Waals surface area contributed by atoms with Gasteiger partial charge in [0, 0.05) is 22.4 Å². The van der Waals surface area contributed by atoms with E-state index in [1.807, 2.05) is 11.3 Å². The summed E-state index contributed by atoms with van der Waals surface area (Å²) in [5, 5.41) is 1.36. The third-order valence-electron chi connectivity index (χ3n) is 5.39. The van der Waals surface area contributed by atoms with Crippen LogP contribution in [0.2, 0.25) is 0 Å². The van der Waals surface area contributed by atoms with E-state index >= 15 is 0 Å². The first kappa shape index (κ1) is 17.2. The number of fused-ring (bicyclic) bond motifs is 1. The summed E-state index contributed by atoms with van der Waals surface area (Å²) in [5.74, 6) is -0.295. The molecule has 2 fully saturated rings. The lowest BCUT2D eigenvalue weighted by Gasteiger charge is -2.47. The largest absolute Gasteiger partial charge is 0.348 e. The van der Waals surface area contributed by atoms with Crippen LogP contribution in [0.15, 0.2) is 30.3 Å². The maximum Gasteiger partial charge on any atom is 0.168 e. The van der Waals surface area contributed by atoms with Crippen LogP contribution in [0, 0.1) is 0 Å². The van der Waals surface area contributed by atoms with Crippen LogP contribution in [0.3, 0.4) is 0 Å². The highest BCUT2D eigenvalue weighted by Gasteiger charge is 2.48. The second-order valence-electron chi connectivity index (χ2n) is 6.68. The minimum Gasteiger partial charge on any atom is -0.348 e. The van der Waals surface area contributed by atoms with Gasteiger partial charge in [0.05, 0.1) is 18.8 Å². The van der Waals surface area contributed by atoms with Gasteiger partial charge in [0.1, 0.15) is 0 Å². The third-order valence-corrected chi connectivity index (χ3v) is 6.70. The Balaban J connectivity index is 0.00000156. The number of hydrogen-bond donors (Lipinski definition) is 0. The number of halogens is 1. The molecule has 2 aliphatic rings. The fourth-order valence-corrected chi connectivity index (χ4v) is 5.35.